The average Bonchev–Trinajstić information content (AvgIpc) is 3.15. The summed E-state index contributed by atoms with van der Waals surface area (Å²) in [5.41, 5.74) is 4.81. The van der Waals surface area contributed by atoms with Crippen LogP contribution in [-0.2, 0) is 0 Å². The van der Waals surface area contributed by atoms with E-state index in [9.17, 15) is 0 Å². The highest BCUT2D eigenvalue weighted by Gasteiger charge is 2.60. The Morgan fingerprint density at radius 1 is 0.643 bits per heavy atom. The van der Waals surface area contributed by atoms with Crippen LogP contribution in [-0.4, -0.2) is 24.5 Å². The number of aliphatic imine (C=N–C) groups is 2. The van der Waals surface area contributed by atoms with Gasteiger partial charge in [-0.3, -0.25) is 9.98 Å². The van der Waals surface area contributed by atoms with Crippen LogP contribution in [0.2, 0.25) is 0 Å². The summed E-state index contributed by atoms with van der Waals surface area (Å²) in [6.07, 6.45) is 13.3. The van der Waals surface area contributed by atoms with Gasteiger partial charge in [-0.1, -0.05) is 54.4 Å². The fourth-order valence-corrected chi connectivity index (χ4v) is 7.34. The van der Waals surface area contributed by atoms with Gasteiger partial charge in [0.1, 0.15) is 0 Å². The van der Waals surface area contributed by atoms with Gasteiger partial charge in [-0.15, -0.1) is 0 Å². The molecule has 4 atom stereocenters. The second kappa shape index (κ2) is 6.95. The molecule has 0 saturated heterocycles. The van der Waals surface area contributed by atoms with Gasteiger partial charge >= 0.3 is 0 Å². The zero-order valence-electron chi connectivity index (χ0n) is 19.5. The third-order valence-electron chi connectivity index (χ3n) is 10.7. The van der Waals surface area contributed by atoms with Crippen molar-refractivity contribution in [2.75, 3.05) is 13.1 Å². The lowest BCUT2D eigenvalue weighted by atomic mass is 9.70. The zero-order valence-corrected chi connectivity index (χ0v) is 19.5. The van der Waals surface area contributed by atoms with Crippen molar-refractivity contribution in [3.63, 3.8) is 0 Å². The van der Waals surface area contributed by atoms with Crippen LogP contribution in [0.25, 0.3) is 0 Å². The monoisotopic (exact) mass is 384 g/mol. The van der Waals surface area contributed by atoms with E-state index in [0.717, 1.165) is 24.9 Å². The first kappa shape index (κ1) is 20.6. The molecule has 4 fully saturated rings. The Morgan fingerprint density at radius 2 is 1.04 bits per heavy atom. The Kier molecular flexibility index (Phi) is 5.11. The maximum Gasteiger partial charge on any atom is 0.0388 e. The van der Waals surface area contributed by atoms with Crippen LogP contribution in [0.15, 0.2) is 9.98 Å². The molecule has 2 heteroatoms. The van der Waals surface area contributed by atoms with Gasteiger partial charge in [0.2, 0.25) is 0 Å². The van der Waals surface area contributed by atoms with Gasteiger partial charge in [0.25, 0.3) is 0 Å². The zero-order chi connectivity index (χ0) is 20.2. The quantitative estimate of drug-likeness (QED) is 0.417. The smallest absolute Gasteiger partial charge is 0.0388 e. The normalized spacial score (nSPS) is 42.9. The maximum atomic E-state index is 5.09. The first-order valence-electron chi connectivity index (χ1n) is 12.2. The van der Waals surface area contributed by atoms with Crippen LogP contribution in [0.4, 0.5) is 0 Å². The number of hydrogen-bond donors (Lipinski definition) is 0. The molecule has 0 spiro atoms. The summed E-state index contributed by atoms with van der Waals surface area (Å²) in [5.74, 6) is 1.76. The predicted molar refractivity (Wildman–Crippen MR) is 122 cm³/mol. The van der Waals surface area contributed by atoms with E-state index in [0.29, 0.717) is 21.7 Å². The fourth-order valence-electron chi connectivity index (χ4n) is 7.34. The van der Waals surface area contributed by atoms with E-state index in [4.69, 9.17) is 9.98 Å². The molecule has 4 aliphatic rings. The van der Waals surface area contributed by atoms with Crippen molar-refractivity contribution in [2.24, 2.45) is 43.5 Å². The second-order valence-electron chi connectivity index (χ2n) is 12.1. The lowest BCUT2D eigenvalue weighted by molar-refractivity contribution is 0.193. The van der Waals surface area contributed by atoms with Gasteiger partial charge in [0.15, 0.2) is 0 Å². The molecule has 0 heterocycles. The van der Waals surface area contributed by atoms with E-state index < -0.39 is 0 Å². The van der Waals surface area contributed by atoms with Crippen LogP contribution in [0.1, 0.15) is 106 Å². The Balaban J connectivity index is 1.16. The summed E-state index contributed by atoms with van der Waals surface area (Å²) in [5, 5.41) is 0. The highest BCUT2D eigenvalue weighted by atomic mass is 14.8. The Morgan fingerprint density at radius 3 is 1.32 bits per heavy atom. The minimum Gasteiger partial charge on any atom is -0.294 e. The maximum absolute atomic E-state index is 5.09. The van der Waals surface area contributed by atoms with E-state index in [1.807, 2.05) is 0 Å². The van der Waals surface area contributed by atoms with Crippen molar-refractivity contribution in [1.29, 1.82) is 0 Å². The molecule has 0 aromatic carbocycles. The van der Waals surface area contributed by atoms with Gasteiger partial charge in [-0.25, -0.2) is 0 Å². The SMILES string of the molecule is CC1(C)[C@@H]2CC[C@@]1(C)C(=NCCCCCCN=C1C[C@H]3CC[C@]1(C)C3(C)C)C2. The van der Waals surface area contributed by atoms with Crippen molar-refractivity contribution in [2.45, 2.75) is 106 Å². The fraction of sp³-hybridized carbons (Fsp3) is 0.923. The number of unbranched alkanes of at least 4 members (excludes halogenated alkanes) is 3. The Bertz CT molecular complexity index is 612. The molecule has 0 N–H and O–H groups in total. The number of hydrogen-bond acceptors (Lipinski definition) is 2. The van der Waals surface area contributed by atoms with E-state index in [2.05, 4.69) is 41.5 Å². The predicted octanol–water partition coefficient (Wildman–Crippen LogP) is 7.12. The summed E-state index contributed by atoms with van der Waals surface area (Å²) in [6.45, 7) is 17.0. The van der Waals surface area contributed by atoms with E-state index in [1.165, 1.54) is 64.2 Å². The van der Waals surface area contributed by atoms with Gasteiger partial charge in [0, 0.05) is 35.3 Å². The van der Waals surface area contributed by atoms with Gasteiger partial charge < -0.3 is 0 Å². The summed E-state index contributed by atoms with van der Waals surface area (Å²) in [7, 11) is 0. The molecule has 0 radical (unpaired) electrons. The number of rotatable bonds is 7. The molecule has 0 amide bonds. The standard InChI is InChI=1S/C26H44N2/c1-23(2)19-11-13-25(23,5)21(17-19)27-15-9-7-8-10-16-28-22-18-20-12-14-26(22,6)24(20,3)4/h19-20H,7-18H2,1-6H3/t19-,20-,25+,26+/m1/s1. The molecule has 28 heavy (non-hydrogen) atoms. The summed E-state index contributed by atoms with van der Waals surface area (Å²) < 4.78 is 0. The third-order valence-corrected chi connectivity index (χ3v) is 10.7. The Labute approximate surface area is 174 Å². The van der Waals surface area contributed by atoms with E-state index >= 15 is 0 Å². The second-order valence-corrected chi connectivity index (χ2v) is 12.1. The highest BCUT2D eigenvalue weighted by molar-refractivity contribution is 5.94. The van der Waals surface area contributed by atoms with Crippen molar-refractivity contribution in [3.05, 3.63) is 0 Å². The lowest BCUT2D eigenvalue weighted by Gasteiger charge is -2.34. The number of nitrogens with zero attached hydrogens (tertiary/aromatic N) is 2. The minimum absolute atomic E-state index is 0.387. The molecule has 2 nitrogen and oxygen atoms in total. The summed E-state index contributed by atoms with van der Waals surface area (Å²) in [6, 6.07) is 0. The number of fused-ring (bicyclic) bond motifs is 4. The molecule has 4 bridgehead atoms. The molecule has 158 valence electrons. The highest BCUT2D eigenvalue weighted by Crippen LogP contribution is 2.64. The van der Waals surface area contributed by atoms with Crippen molar-refractivity contribution in [1.82, 2.24) is 0 Å². The third kappa shape index (κ3) is 2.87. The largest absolute Gasteiger partial charge is 0.294 e. The molecular weight excluding hydrogens is 340 g/mol. The van der Waals surface area contributed by atoms with Crippen molar-refractivity contribution in [3.8, 4) is 0 Å². The Hall–Kier alpha value is -0.660. The van der Waals surface area contributed by atoms with Crippen LogP contribution in [0.3, 0.4) is 0 Å². The lowest BCUT2D eigenvalue weighted by Crippen LogP contribution is -2.32. The van der Waals surface area contributed by atoms with Crippen LogP contribution in [0.5, 0.6) is 0 Å². The summed E-state index contributed by atoms with van der Waals surface area (Å²) >= 11 is 0. The van der Waals surface area contributed by atoms with Crippen LogP contribution >= 0.6 is 0 Å². The molecular formula is C26H44N2. The van der Waals surface area contributed by atoms with Gasteiger partial charge in [0.05, 0.1) is 0 Å². The molecule has 4 aliphatic carbocycles. The van der Waals surface area contributed by atoms with E-state index in [1.54, 1.807) is 11.4 Å². The molecule has 0 aliphatic heterocycles. The van der Waals surface area contributed by atoms with E-state index in [-0.39, 0.29) is 0 Å². The van der Waals surface area contributed by atoms with Gasteiger partial charge in [-0.2, -0.15) is 0 Å². The van der Waals surface area contributed by atoms with Crippen LogP contribution < -0.4 is 0 Å². The van der Waals surface area contributed by atoms with Crippen LogP contribution in [0, 0.1) is 33.5 Å². The molecule has 4 rings (SSSR count). The molecule has 4 saturated carbocycles. The van der Waals surface area contributed by atoms with Crippen molar-refractivity contribution < 1.29 is 0 Å². The first-order chi connectivity index (χ1) is 13.1. The molecule has 0 aromatic heterocycles. The topological polar surface area (TPSA) is 24.7 Å². The average molecular weight is 385 g/mol. The molecule has 0 aromatic rings. The van der Waals surface area contributed by atoms with Gasteiger partial charge in [-0.05, 0) is 74.0 Å². The first-order valence-corrected chi connectivity index (χ1v) is 12.2. The molecule has 0 unspecified atom stereocenters. The minimum atomic E-state index is 0.387. The van der Waals surface area contributed by atoms with Crippen molar-refractivity contribution >= 4 is 11.4 Å². The summed E-state index contributed by atoms with van der Waals surface area (Å²) in [4.78, 5) is 10.2.